The largest absolute Gasteiger partial charge is 0.465 e. The van der Waals surface area contributed by atoms with Gasteiger partial charge in [-0.05, 0) is 11.4 Å². The van der Waals surface area contributed by atoms with Crippen molar-refractivity contribution in [3.63, 3.8) is 0 Å². The summed E-state index contributed by atoms with van der Waals surface area (Å²) >= 11 is 1.04. The van der Waals surface area contributed by atoms with Crippen molar-refractivity contribution in [1.29, 1.82) is 0 Å². The first kappa shape index (κ1) is 19.8. The fourth-order valence-electron chi connectivity index (χ4n) is 2.10. The minimum Gasteiger partial charge on any atom is -0.465 e. The minimum absolute atomic E-state index is 0.146. The van der Waals surface area contributed by atoms with E-state index in [0.29, 0.717) is 4.57 Å². The molecule has 0 radical (unpaired) electrons. The summed E-state index contributed by atoms with van der Waals surface area (Å²) in [6.07, 6.45) is 0.836. The Morgan fingerprint density at radius 3 is 2.52 bits per heavy atom. The first-order chi connectivity index (χ1) is 12.8. The van der Waals surface area contributed by atoms with Crippen molar-refractivity contribution in [3.05, 3.63) is 54.6 Å². The molecule has 2 heterocycles. The molecule has 2 aromatic heterocycles. The Kier molecular flexibility index (Phi) is 6.03. The Labute approximate surface area is 155 Å². The first-order valence-corrected chi connectivity index (χ1v) is 8.09. The zero-order valence-corrected chi connectivity index (χ0v) is 14.9. The lowest BCUT2D eigenvalue weighted by molar-refractivity contribution is -0.385. The van der Waals surface area contributed by atoms with Crippen molar-refractivity contribution >= 4 is 40.6 Å². The van der Waals surface area contributed by atoms with Gasteiger partial charge < -0.3 is 14.8 Å². The molecule has 0 fully saturated rings. The molecule has 11 nitrogen and oxygen atoms in total. The number of hydrogen-bond donors (Lipinski definition) is 1. The van der Waals surface area contributed by atoms with Crippen molar-refractivity contribution in [2.24, 2.45) is 0 Å². The van der Waals surface area contributed by atoms with E-state index in [4.69, 9.17) is 0 Å². The number of ether oxygens (including phenoxy) is 2. The summed E-state index contributed by atoms with van der Waals surface area (Å²) in [6, 6.07) is 2.24. The number of carbonyl (C=O) groups is 3. The Morgan fingerprint density at radius 2 is 1.93 bits per heavy atom. The lowest BCUT2D eigenvalue weighted by atomic mass is 10.2. The summed E-state index contributed by atoms with van der Waals surface area (Å²) in [7, 11) is 2.20. The van der Waals surface area contributed by atoms with E-state index in [9.17, 15) is 29.3 Å². The minimum atomic E-state index is -1.07. The van der Waals surface area contributed by atoms with Gasteiger partial charge in [0.15, 0.2) is 0 Å². The molecular weight excluding hydrogens is 382 g/mol. The second kappa shape index (κ2) is 8.23. The van der Waals surface area contributed by atoms with Crippen LogP contribution >= 0.6 is 11.3 Å². The van der Waals surface area contributed by atoms with Crippen molar-refractivity contribution in [2.45, 2.75) is 6.54 Å². The summed E-state index contributed by atoms with van der Waals surface area (Å²) < 4.78 is 9.73. The molecule has 2 rings (SSSR count). The van der Waals surface area contributed by atoms with Crippen LogP contribution < -0.4 is 10.9 Å². The maximum atomic E-state index is 12.3. The lowest BCUT2D eigenvalue weighted by Gasteiger charge is -2.09. The van der Waals surface area contributed by atoms with Gasteiger partial charge in [0.05, 0.1) is 31.0 Å². The van der Waals surface area contributed by atoms with Gasteiger partial charge in [0.1, 0.15) is 17.0 Å². The first-order valence-electron chi connectivity index (χ1n) is 7.21. The predicted molar refractivity (Wildman–Crippen MR) is 93.0 cm³/mol. The SMILES string of the molecule is COC(=O)c1sccc1NC(=O)Cn1cc([N+](=O)[O-])cc(C(=O)OC)c1=O. The smallest absolute Gasteiger partial charge is 0.350 e. The average Bonchev–Trinajstić information content (AvgIpc) is 3.09. The number of aromatic nitrogens is 1. The molecule has 12 heteroatoms. The van der Waals surface area contributed by atoms with Crippen LogP contribution in [0.1, 0.15) is 20.0 Å². The summed E-state index contributed by atoms with van der Waals surface area (Å²) in [5.74, 6) is -2.46. The summed E-state index contributed by atoms with van der Waals surface area (Å²) in [4.78, 5) is 58.1. The maximum Gasteiger partial charge on any atom is 0.350 e. The third-order valence-corrected chi connectivity index (χ3v) is 4.21. The van der Waals surface area contributed by atoms with Gasteiger partial charge in [0.25, 0.3) is 11.2 Å². The molecule has 0 aliphatic rings. The molecule has 1 N–H and O–H groups in total. The van der Waals surface area contributed by atoms with Gasteiger partial charge in [0.2, 0.25) is 5.91 Å². The van der Waals surface area contributed by atoms with Crippen LogP contribution in [0.2, 0.25) is 0 Å². The molecule has 0 aromatic carbocycles. The van der Waals surface area contributed by atoms with Crippen molar-refractivity contribution in [1.82, 2.24) is 4.57 Å². The highest BCUT2D eigenvalue weighted by Gasteiger charge is 2.21. The van der Waals surface area contributed by atoms with E-state index in [1.807, 2.05) is 0 Å². The number of hydrogen-bond acceptors (Lipinski definition) is 9. The highest BCUT2D eigenvalue weighted by atomic mass is 32.1. The molecule has 0 spiro atoms. The molecule has 0 saturated heterocycles. The number of anilines is 1. The highest BCUT2D eigenvalue weighted by Crippen LogP contribution is 2.23. The number of methoxy groups -OCH3 is 2. The monoisotopic (exact) mass is 395 g/mol. The fraction of sp³-hybridized carbons (Fsp3) is 0.200. The van der Waals surface area contributed by atoms with Gasteiger partial charge in [-0.2, -0.15) is 0 Å². The normalized spacial score (nSPS) is 10.1. The molecule has 0 aliphatic heterocycles. The Balaban J connectivity index is 2.32. The second-order valence-corrected chi connectivity index (χ2v) is 5.91. The zero-order valence-electron chi connectivity index (χ0n) is 14.1. The van der Waals surface area contributed by atoms with Crippen LogP contribution in [-0.4, -0.2) is 41.6 Å². The fourth-order valence-corrected chi connectivity index (χ4v) is 2.86. The number of nitrogens with zero attached hydrogens (tertiary/aromatic N) is 2. The standard InChI is InChI=1S/C15H13N3O8S/c1-25-14(21)9-5-8(18(23)24)6-17(13(9)20)7-11(19)16-10-3-4-27-12(10)15(22)26-2/h3-6H,7H2,1-2H3,(H,16,19). The second-order valence-electron chi connectivity index (χ2n) is 5.00. The average molecular weight is 395 g/mol. The number of rotatable bonds is 6. The van der Waals surface area contributed by atoms with E-state index in [2.05, 4.69) is 14.8 Å². The molecule has 0 unspecified atom stereocenters. The lowest BCUT2D eigenvalue weighted by Crippen LogP contribution is -2.31. The quantitative estimate of drug-likeness (QED) is 0.433. The molecule has 0 atom stereocenters. The molecule has 0 aliphatic carbocycles. The van der Waals surface area contributed by atoms with E-state index in [1.165, 1.54) is 13.2 Å². The molecule has 142 valence electrons. The van der Waals surface area contributed by atoms with Gasteiger partial charge >= 0.3 is 11.9 Å². The van der Waals surface area contributed by atoms with Crippen LogP contribution in [0, 0.1) is 10.1 Å². The van der Waals surface area contributed by atoms with E-state index >= 15 is 0 Å². The van der Waals surface area contributed by atoms with Crippen LogP contribution in [0.4, 0.5) is 11.4 Å². The van der Waals surface area contributed by atoms with E-state index in [0.717, 1.165) is 30.7 Å². The third-order valence-electron chi connectivity index (χ3n) is 3.31. The molecule has 2 aromatic rings. The summed E-state index contributed by atoms with van der Waals surface area (Å²) in [5, 5.41) is 15.0. The number of amides is 1. The van der Waals surface area contributed by atoms with Crippen LogP contribution in [0.25, 0.3) is 0 Å². The van der Waals surface area contributed by atoms with Gasteiger partial charge in [-0.15, -0.1) is 11.3 Å². The van der Waals surface area contributed by atoms with Crippen LogP contribution in [0.3, 0.4) is 0 Å². The Hall–Kier alpha value is -3.54. The van der Waals surface area contributed by atoms with Gasteiger partial charge in [-0.1, -0.05) is 0 Å². The Morgan fingerprint density at radius 1 is 1.26 bits per heavy atom. The summed E-state index contributed by atoms with van der Waals surface area (Å²) in [5.41, 5.74) is -1.90. The zero-order chi connectivity index (χ0) is 20.1. The molecule has 27 heavy (non-hydrogen) atoms. The predicted octanol–water partition coefficient (Wildman–Crippen LogP) is 1.03. The molecular formula is C15H13N3O8S. The Bertz CT molecular complexity index is 978. The number of pyridine rings is 1. The van der Waals surface area contributed by atoms with Crippen molar-refractivity contribution in [2.75, 3.05) is 19.5 Å². The van der Waals surface area contributed by atoms with Gasteiger partial charge in [-0.3, -0.25) is 24.3 Å². The van der Waals surface area contributed by atoms with Gasteiger partial charge in [-0.25, -0.2) is 9.59 Å². The van der Waals surface area contributed by atoms with E-state index in [-0.39, 0.29) is 10.6 Å². The highest BCUT2D eigenvalue weighted by molar-refractivity contribution is 7.12. The number of esters is 2. The number of carbonyl (C=O) groups excluding carboxylic acids is 3. The topological polar surface area (TPSA) is 147 Å². The van der Waals surface area contributed by atoms with Crippen molar-refractivity contribution in [3.8, 4) is 0 Å². The van der Waals surface area contributed by atoms with Crippen LogP contribution in [-0.2, 0) is 20.8 Å². The molecule has 0 saturated carbocycles. The van der Waals surface area contributed by atoms with Gasteiger partial charge in [0, 0.05) is 6.07 Å². The van der Waals surface area contributed by atoms with Crippen LogP contribution in [0.15, 0.2) is 28.5 Å². The number of nitro groups is 1. The van der Waals surface area contributed by atoms with Crippen molar-refractivity contribution < 1.29 is 28.8 Å². The molecule has 0 bridgehead atoms. The van der Waals surface area contributed by atoms with E-state index in [1.54, 1.807) is 5.38 Å². The number of nitrogens with one attached hydrogen (secondary N) is 1. The molecule has 1 amide bonds. The maximum absolute atomic E-state index is 12.3. The third kappa shape index (κ3) is 4.36. The summed E-state index contributed by atoms with van der Waals surface area (Å²) in [6.45, 7) is -0.624. The van der Waals surface area contributed by atoms with Crippen LogP contribution in [0.5, 0.6) is 0 Å². The number of thiophene rings is 1. The van der Waals surface area contributed by atoms with E-state index < -0.39 is 46.1 Å².